The first-order valence-corrected chi connectivity index (χ1v) is 6.79. The van der Waals surface area contributed by atoms with Gasteiger partial charge in [-0.1, -0.05) is 11.8 Å². The third kappa shape index (κ3) is 3.53. The molecule has 0 spiro atoms. The van der Waals surface area contributed by atoms with E-state index in [9.17, 15) is 9.59 Å². The number of hydrogen-bond donors (Lipinski definition) is 0. The van der Waals surface area contributed by atoms with Crippen LogP contribution >= 0.6 is 11.8 Å². The smallest absolute Gasteiger partial charge is 0.223 e. The maximum absolute atomic E-state index is 11.8. The molecular weight excluding hydrogens is 250 g/mol. The van der Waals surface area contributed by atoms with Crippen LogP contribution in [0.4, 0.5) is 0 Å². The highest BCUT2D eigenvalue weighted by molar-refractivity contribution is 8.13. The van der Waals surface area contributed by atoms with Gasteiger partial charge in [-0.15, -0.1) is 0 Å². The second-order valence-corrected chi connectivity index (χ2v) is 5.54. The molecule has 1 atom stereocenters. The number of carbonyl (C=O) groups excluding carboxylic acids is 2. The van der Waals surface area contributed by atoms with Gasteiger partial charge in [0.1, 0.15) is 6.33 Å². The van der Waals surface area contributed by atoms with E-state index in [4.69, 9.17) is 0 Å². The normalized spacial score (nSPS) is 19.3. The average molecular weight is 265 g/mol. The van der Waals surface area contributed by atoms with Gasteiger partial charge in [0.2, 0.25) is 5.91 Å². The second-order valence-electron chi connectivity index (χ2n) is 4.35. The Morgan fingerprint density at radius 2 is 2.44 bits per heavy atom. The fourth-order valence-corrected chi connectivity index (χ4v) is 2.65. The van der Waals surface area contributed by atoms with E-state index in [0.717, 1.165) is 11.4 Å². The maximum atomic E-state index is 11.8. The topological polar surface area (TPSA) is 63.2 Å². The fraction of sp³-hybridized carbons (Fsp3) is 0.500. The SMILES string of the molecule is CC(=O)SCC1CC(=O)N(Cc2ccncn2)C1. The number of hydrogen-bond acceptors (Lipinski definition) is 5. The zero-order valence-electron chi connectivity index (χ0n) is 10.2. The molecule has 0 N–H and O–H groups in total. The molecule has 1 saturated heterocycles. The van der Waals surface area contributed by atoms with E-state index >= 15 is 0 Å². The molecular formula is C12H15N3O2S. The summed E-state index contributed by atoms with van der Waals surface area (Å²) in [6.45, 7) is 2.80. The van der Waals surface area contributed by atoms with Crippen LogP contribution < -0.4 is 0 Å². The van der Waals surface area contributed by atoms with Crippen LogP contribution in [0.1, 0.15) is 19.0 Å². The van der Waals surface area contributed by atoms with E-state index in [1.165, 1.54) is 18.1 Å². The van der Waals surface area contributed by atoms with Crippen molar-refractivity contribution in [2.45, 2.75) is 19.9 Å². The van der Waals surface area contributed by atoms with Crippen molar-refractivity contribution >= 4 is 22.8 Å². The van der Waals surface area contributed by atoms with Gasteiger partial charge in [0, 0.05) is 31.8 Å². The predicted octanol–water partition coefficient (Wildman–Crippen LogP) is 1.10. The highest BCUT2D eigenvalue weighted by Crippen LogP contribution is 2.23. The summed E-state index contributed by atoms with van der Waals surface area (Å²) in [5, 5.41) is 0.108. The number of aromatic nitrogens is 2. The van der Waals surface area contributed by atoms with Crippen LogP contribution in [-0.2, 0) is 16.1 Å². The summed E-state index contributed by atoms with van der Waals surface area (Å²) in [5.74, 6) is 1.14. The lowest BCUT2D eigenvalue weighted by molar-refractivity contribution is -0.128. The van der Waals surface area contributed by atoms with Crippen LogP contribution in [0.2, 0.25) is 0 Å². The zero-order valence-corrected chi connectivity index (χ0v) is 11.0. The van der Waals surface area contributed by atoms with Gasteiger partial charge in [0.25, 0.3) is 0 Å². The molecule has 1 amide bonds. The molecule has 96 valence electrons. The Hall–Kier alpha value is -1.43. The minimum atomic E-state index is 0.108. The molecule has 2 rings (SSSR count). The first-order valence-electron chi connectivity index (χ1n) is 5.81. The second kappa shape index (κ2) is 5.95. The summed E-state index contributed by atoms with van der Waals surface area (Å²) in [6.07, 6.45) is 3.69. The highest BCUT2D eigenvalue weighted by atomic mass is 32.2. The van der Waals surface area contributed by atoms with Crippen molar-refractivity contribution in [3.8, 4) is 0 Å². The fourth-order valence-electron chi connectivity index (χ4n) is 1.96. The van der Waals surface area contributed by atoms with E-state index in [2.05, 4.69) is 9.97 Å². The van der Waals surface area contributed by atoms with Gasteiger partial charge < -0.3 is 4.90 Å². The standard InChI is InChI=1S/C12H15N3O2S/c1-9(16)18-7-10-4-12(17)15(5-10)6-11-2-3-13-8-14-11/h2-3,8,10H,4-7H2,1H3. The van der Waals surface area contributed by atoms with Crippen LogP contribution in [0.15, 0.2) is 18.6 Å². The number of nitrogens with zero attached hydrogens (tertiary/aromatic N) is 3. The van der Waals surface area contributed by atoms with Crippen molar-refractivity contribution in [3.63, 3.8) is 0 Å². The van der Waals surface area contributed by atoms with Crippen molar-refractivity contribution in [3.05, 3.63) is 24.3 Å². The van der Waals surface area contributed by atoms with Gasteiger partial charge in [0.05, 0.1) is 12.2 Å². The molecule has 0 saturated carbocycles. The summed E-state index contributed by atoms with van der Waals surface area (Å²) in [6, 6.07) is 1.81. The lowest BCUT2D eigenvalue weighted by Crippen LogP contribution is -2.25. The largest absolute Gasteiger partial charge is 0.336 e. The Labute approximate surface area is 110 Å². The minimum absolute atomic E-state index is 0.108. The van der Waals surface area contributed by atoms with Crippen LogP contribution in [0.5, 0.6) is 0 Å². The van der Waals surface area contributed by atoms with E-state index in [1.54, 1.807) is 18.0 Å². The van der Waals surface area contributed by atoms with E-state index in [1.807, 2.05) is 6.07 Å². The summed E-state index contributed by atoms with van der Waals surface area (Å²) >= 11 is 1.30. The molecule has 0 bridgehead atoms. The third-order valence-electron chi connectivity index (χ3n) is 2.81. The molecule has 18 heavy (non-hydrogen) atoms. The molecule has 1 aliphatic rings. The first kappa shape index (κ1) is 13.0. The Morgan fingerprint density at radius 3 is 3.11 bits per heavy atom. The van der Waals surface area contributed by atoms with E-state index in [0.29, 0.717) is 19.5 Å². The lowest BCUT2D eigenvalue weighted by Gasteiger charge is -2.15. The molecule has 6 heteroatoms. The molecule has 0 aliphatic carbocycles. The van der Waals surface area contributed by atoms with E-state index < -0.39 is 0 Å². The molecule has 1 unspecified atom stereocenters. The Bertz CT molecular complexity index is 438. The van der Waals surface area contributed by atoms with Gasteiger partial charge in [-0.2, -0.15) is 0 Å². The average Bonchev–Trinajstić information content (AvgIpc) is 2.69. The van der Waals surface area contributed by atoms with Crippen LogP contribution in [0.25, 0.3) is 0 Å². The molecule has 1 aromatic rings. The van der Waals surface area contributed by atoms with Crippen molar-refractivity contribution in [1.82, 2.24) is 14.9 Å². The Kier molecular flexibility index (Phi) is 4.30. The summed E-state index contributed by atoms with van der Waals surface area (Å²) in [5.41, 5.74) is 0.846. The predicted molar refractivity (Wildman–Crippen MR) is 68.7 cm³/mol. The quantitative estimate of drug-likeness (QED) is 0.816. The maximum Gasteiger partial charge on any atom is 0.223 e. The number of rotatable bonds is 4. The summed E-state index contributed by atoms with van der Waals surface area (Å²) < 4.78 is 0. The zero-order chi connectivity index (χ0) is 13.0. The Balaban J connectivity index is 1.87. The van der Waals surface area contributed by atoms with Gasteiger partial charge in [0.15, 0.2) is 5.12 Å². The number of carbonyl (C=O) groups is 2. The van der Waals surface area contributed by atoms with Crippen molar-refractivity contribution < 1.29 is 9.59 Å². The van der Waals surface area contributed by atoms with Crippen LogP contribution in [0.3, 0.4) is 0 Å². The molecule has 0 radical (unpaired) electrons. The summed E-state index contributed by atoms with van der Waals surface area (Å²) in [7, 11) is 0. The highest BCUT2D eigenvalue weighted by Gasteiger charge is 2.29. The van der Waals surface area contributed by atoms with E-state index in [-0.39, 0.29) is 16.9 Å². The number of thioether (sulfide) groups is 1. The number of amides is 1. The third-order valence-corrected chi connectivity index (χ3v) is 3.86. The Morgan fingerprint density at radius 1 is 1.61 bits per heavy atom. The van der Waals surface area contributed by atoms with Gasteiger partial charge in [-0.25, -0.2) is 9.97 Å². The van der Waals surface area contributed by atoms with Gasteiger partial charge >= 0.3 is 0 Å². The van der Waals surface area contributed by atoms with Crippen LogP contribution in [-0.4, -0.2) is 38.2 Å². The number of likely N-dealkylation sites (tertiary alicyclic amines) is 1. The molecule has 5 nitrogen and oxygen atoms in total. The molecule has 2 heterocycles. The van der Waals surface area contributed by atoms with Gasteiger partial charge in [-0.3, -0.25) is 9.59 Å². The molecule has 1 aliphatic heterocycles. The first-order chi connectivity index (χ1) is 8.65. The lowest BCUT2D eigenvalue weighted by atomic mass is 10.1. The van der Waals surface area contributed by atoms with Crippen molar-refractivity contribution in [1.29, 1.82) is 0 Å². The molecule has 1 fully saturated rings. The monoisotopic (exact) mass is 265 g/mol. The molecule has 0 aromatic carbocycles. The minimum Gasteiger partial charge on any atom is -0.336 e. The van der Waals surface area contributed by atoms with Gasteiger partial charge in [-0.05, 0) is 12.0 Å². The van der Waals surface area contributed by atoms with Crippen molar-refractivity contribution in [2.24, 2.45) is 5.92 Å². The van der Waals surface area contributed by atoms with Crippen molar-refractivity contribution in [2.75, 3.05) is 12.3 Å². The van der Waals surface area contributed by atoms with Crippen LogP contribution in [0, 0.1) is 5.92 Å². The summed E-state index contributed by atoms with van der Waals surface area (Å²) in [4.78, 5) is 32.5. The molecule has 1 aromatic heterocycles.